The number of hydrogen-bond acceptors (Lipinski definition) is 2. The molecular formula is C16H18FNO. The maximum Gasteiger partial charge on any atom is 0.128 e. The summed E-state index contributed by atoms with van der Waals surface area (Å²) in [7, 11) is 0. The van der Waals surface area contributed by atoms with Crippen LogP contribution in [0.3, 0.4) is 0 Å². The molecule has 0 aliphatic heterocycles. The Kier molecular flexibility index (Phi) is 4.05. The zero-order chi connectivity index (χ0) is 13.8. The summed E-state index contributed by atoms with van der Waals surface area (Å²) in [4.78, 5) is 0. The molecule has 0 spiro atoms. The smallest absolute Gasteiger partial charge is 0.128 e. The minimum atomic E-state index is -0.193. The monoisotopic (exact) mass is 259 g/mol. The quantitative estimate of drug-likeness (QED) is 0.873. The highest BCUT2D eigenvalue weighted by molar-refractivity contribution is 5.51. The Hall–Kier alpha value is -2.03. The normalized spacial score (nSPS) is 12.2. The van der Waals surface area contributed by atoms with E-state index in [1.165, 1.54) is 6.07 Å². The molecule has 0 aliphatic rings. The number of halogens is 1. The highest BCUT2D eigenvalue weighted by Gasteiger charge is 2.07. The molecule has 0 saturated carbocycles. The van der Waals surface area contributed by atoms with Crippen molar-refractivity contribution in [3.05, 3.63) is 59.4 Å². The third-order valence-corrected chi connectivity index (χ3v) is 3.15. The van der Waals surface area contributed by atoms with Gasteiger partial charge in [-0.2, -0.15) is 0 Å². The second-order valence-electron chi connectivity index (χ2n) is 4.83. The number of benzene rings is 2. The molecule has 2 N–H and O–H groups in total. The van der Waals surface area contributed by atoms with Gasteiger partial charge < -0.3 is 10.4 Å². The standard InChI is InChI=1S/C16H18FNO/c1-11(10-13-6-8-14(19)9-7-13)18-16-5-3-4-15(17)12(16)2/h3-9,11,18-19H,10H2,1-2H3. The lowest BCUT2D eigenvalue weighted by Crippen LogP contribution is -2.18. The molecule has 0 amide bonds. The Labute approximate surface area is 112 Å². The fourth-order valence-electron chi connectivity index (χ4n) is 2.07. The second kappa shape index (κ2) is 5.74. The zero-order valence-electron chi connectivity index (χ0n) is 11.2. The van der Waals surface area contributed by atoms with E-state index < -0.39 is 0 Å². The average Bonchev–Trinajstić information content (AvgIpc) is 2.38. The number of anilines is 1. The van der Waals surface area contributed by atoms with E-state index in [9.17, 15) is 9.50 Å². The van der Waals surface area contributed by atoms with Crippen molar-refractivity contribution in [3.8, 4) is 5.75 Å². The first-order valence-electron chi connectivity index (χ1n) is 6.36. The van der Waals surface area contributed by atoms with Crippen LogP contribution in [-0.2, 0) is 6.42 Å². The third-order valence-electron chi connectivity index (χ3n) is 3.15. The lowest BCUT2D eigenvalue weighted by molar-refractivity contribution is 0.475. The largest absolute Gasteiger partial charge is 0.508 e. The summed E-state index contributed by atoms with van der Waals surface area (Å²) in [6, 6.07) is 12.4. The number of phenolic OH excluding ortho intramolecular Hbond substituents is 1. The minimum absolute atomic E-state index is 0.185. The van der Waals surface area contributed by atoms with Gasteiger partial charge in [-0.1, -0.05) is 18.2 Å². The molecule has 1 unspecified atom stereocenters. The topological polar surface area (TPSA) is 32.3 Å². The first kappa shape index (κ1) is 13.4. The average molecular weight is 259 g/mol. The minimum Gasteiger partial charge on any atom is -0.508 e. The van der Waals surface area contributed by atoms with Gasteiger partial charge in [-0.05, 0) is 50.1 Å². The molecule has 2 aromatic carbocycles. The summed E-state index contributed by atoms with van der Waals surface area (Å²) in [6.07, 6.45) is 0.816. The molecule has 1 atom stereocenters. The second-order valence-corrected chi connectivity index (χ2v) is 4.83. The Morgan fingerprint density at radius 2 is 1.84 bits per heavy atom. The molecule has 3 heteroatoms. The molecule has 19 heavy (non-hydrogen) atoms. The summed E-state index contributed by atoms with van der Waals surface area (Å²) in [5, 5.41) is 12.5. The van der Waals surface area contributed by atoms with E-state index in [-0.39, 0.29) is 17.6 Å². The molecule has 0 bridgehead atoms. The SMILES string of the molecule is Cc1c(F)cccc1NC(C)Cc1ccc(O)cc1. The van der Waals surface area contributed by atoms with Gasteiger partial charge in [0.2, 0.25) is 0 Å². The summed E-state index contributed by atoms with van der Waals surface area (Å²) in [5.74, 6) is 0.0761. The van der Waals surface area contributed by atoms with E-state index in [4.69, 9.17) is 0 Å². The number of hydrogen-bond donors (Lipinski definition) is 2. The maximum atomic E-state index is 13.4. The Morgan fingerprint density at radius 1 is 1.16 bits per heavy atom. The number of rotatable bonds is 4. The summed E-state index contributed by atoms with van der Waals surface area (Å²) < 4.78 is 13.4. The van der Waals surface area contributed by atoms with Gasteiger partial charge in [0.25, 0.3) is 0 Å². The van der Waals surface area contributed by atoms with E-state index in [1.807, 2.05) is 18.2 Å². The van der Waals surface area contributed by atoms with E-state index in [2.05, 4.69) is 12.2 Å². The Balaban J connectivity index is 2.03. The van der Waals surface area contributed by atoms with E-state index in [1.54, 1.807) is 25.1 Å². The highest BCUT2D eigenvalue weighted by atomic mass is 19.1. The number of nitrogens with one attached hydrogen (secondary N) is 1. The van der Waals surface area contributed by atoms with Gasteiger partial charge in [0, 0.05) is 17.3 Å². The van der Waals surface area contributed by atoms with Crippen molar-refractivity contribution in [2.75, 3.05) is 5.32 Å². The van der Waals surface area contributed by atoms with Crippen LogP contribution in [0.2, 0.25) is 0 Å². The predicted molar refractivity (Wildman–Crippen MR) is 76.0 cm³/mol. The van der Waals surface area contributed by atoms with Crippen molar-refractivity contribution >= 4 is 5.69 Å². The van der Waals surface area contributed by atoms with Crippen LogP contribution in [-0.4, -0.2) is 11.1 Å². The lowest BCUT2D eigenvalue weighted by atomic mass is 10.1. The van der Waals surface area contributed by atoms with Crippen LogP contribution in [0.25, 0.3) is 0 Å². The molecule has 0 radical (unpaired) electrons. The van der Waals surface area contributed by atoms with Crippen LogP contribution in [0.15, 0.2) is 42.5 Å². The van der Waals surface area contributed by atoms with Gasteiger partial charge in [0.15, 0.2) is 0 Å². The van der Waals surface area contributed by atoms with E-state index >= 15 is 0 Å². The lowest BCUT2D eigenvalue weighted by Gasteiger charge is -2.17. The van der Waals surface area contributed by atoms with Gasteiger partial charge in [0.1, 0.15) is 11.6 Å². The highest BCUT2D eigenvalue weighted by Crippen LogP contribution is 2.19. The van der Waals surface area contributed by atoms with Crippen molar-refractivity contribution in [1.29, 1.82) is 0 Å². The molecule has 2 aromatic rings. The molecule has 0 aromatic heterocycles. The summed E-state index contributed by atoms with van der Waals surface area (Å²) >= 11 is 0. The zero-order valence-corrected chi connectivity index (χ0v) is 11.2. The predicted octanol–water partition coefficient (Wildman–Crippen LogP) is 3.88. The first-order valence-corrected chi connectivity index (χ1v) is 6.36. The van der Waals surface area contributed by atoms with Crippen LogP contribution in [0.5, 0.6) is 5.75 Å². The van der Waals surface area contributed by atoms with Gasteiger partial charge in [0.05, 0.1) is 0 Å². The maximum absolute atomic E-state index is 13.4. The van der Waals surface area contributed by atoms with Crippen LogP contribution in [0.1, 0.15) is 18.1 Å². The number of phenols is 1. The molecule has 2 rings (SSSR count). The van der Waals surface area contributed by atoms with Crippen molar-refractivity contribution in [2.45, 2.75) is 26.3 Å². The van der Waals surface area contributed by atoms with Gasteiger partial charge in [-0.25, -0.2) is 4.39 Å². The van der Waals surface area contributed by atoms with Gasteiger partial charge in [-0.15, -0.1) is 0 Å². The molecular weight excluding hydrogens is 241 g/mol. The number of aromatic hydroxyl groups is 1. The van der Waals surface area contributed by atoms with Crippen LogP contribution < -0.4 is 5.32 Å². The van der Waals surface area contributed by atoms with Crippen LogP contribution in [0.4, 0.5) is 10.1 Å². The van der Waals surface area contributed by atoms with Crippen molar-refractivity contribution < 1.29 is 9.50 Å². The third kappa shape index (κ3) is 3.47. The fourth-order valence-corrected chi connectivity index (χ4v) is 2.07. The van der Waals surface area contributed by atoms with Gasteiger partial charge in [-0.3, -0.25) is 0 Å². The van der Waals surface area contributed by atoms with Crippen LogP contribution >= 0.6 is 0 Å². The molecule has 2 nitrogen and oxygen atoms in total. The van der Waals surface area contributed by atoms with E-state index in [0.717, 1.165) is 17.7 Å². The molecule has 0 heterocycles. The summed E-state index contributed by atoms with van der Waals surface area (Å²) in [6.45, 7) is 3.82. The Bertz CT molecular complexity index is 551. The fraction of sp³-hybridized carbons (Fsp3) is 0.250. The molecule has 0 fully saturated rings. The van der Waals surface area contributed by atoms with Crippen molar-refractivity contribution in [1.82, 2.24) is 0 Å². The molecule has 0 saturated heterocycles. The molecule has 100 valence electrons. The van der Waals surface area contributed by atoms with Crippen LogP contribution in [0, 0.1) is 12.7 Å². The molecule has 0 aliphatic carbocycles. The first-order chi connectivity index (χ1) is 9.06. The van der Waals surface area contributed by atoms with Crippen molar-refractivity contribution in [3.63, 3.8) is 0 Å². The Morgan fingerprint density at radius 3 is 2.53 bits per heavy atom. The van der Waals surface area contributed by atoms with E-state index in [0.29, 0.717) is 5.56 Å². The van der Waals surface area contributed by atoms with Crippen molar-refractivity contribution in [2.24, 2.45) is 0 Å². The van der Waals surface area contributed by atoms with Gasteiger partial charge >= 0.3 is 0 Å². The summed E-state index contributed by atoms with van der Waals surface area (Å²) in [5.41, 5.74) is 2.60.